The molecular formula is C21H26O3. The highest BCUT2D eigenvalue weighted by molar-refractivity contribution is 5.94. The zero-order chi connectivity index (χ0) is 17.2. The van der Waals surface area contributed by atoms with Crippen LogP contribution in [-0.2, 0) is 6.42 Å². The lowest BCUT2D eigenvalue weighted by molar-refractivity contribution is 0.0730. The van der Waals surface area contributed by atoms with Crippen molar-refractivity contribution in [3.8, 4) is 11.5 Å². The number of rotatable bonds is 9. The van der Waals surface area contributed by atoms with Crippen molar-refractivity contribution in [3.63, 3.8) is 0 Å². The van der Waals surface area contributed by atoms with Gasteiger partial charge in [0.2, 0.25) is 0 Å². The molecule has 0 N–H and O–H groups in total. The van der Waals surface area contributed by atoms with E-state index in [1.807, 2.05) is 37.3 Å². The van der Waals surface area contributed by atoms with E-state index in [-0.39, 0.29) is 5.97 Å². The zero-order valence-electron chi connectivity index (χ0n) is 14.6. The van der Waals surface area contributed by atoms with Crippen LogP contribution < -0.4 is 9.47 Å². The van der Waals surface area contributed by atoms with E-state index in [1.54, 1.807) is 18.2 Å². The summed E-state index contributed by atoms with van der Waals surface area (Å²) >= 11 is 0. The number of carbonyl (C=O) groups excluding carboxylic acids is 1. The van der Waals surface area contributed by atoms with Crippen LogP contribution in [0.1, 0.15) is 55.5 Å². The fraction of sp³-hybridized carbons (Fsp3) is 0.381. The molecule has 2 aromatic carbocycles. The van der Waals surface area contributed by atoms with Gasteiger partial charge < -0.3 is 9.47 Å². The minimum absolute atomic E-state index is 0.375. The van der Waals surface area contributed by atoms with Crippen LogP contribution in [0.3, 0.4) is 0 Å². The molecule has 0 aliphatic heterocycles. The molecule has 0 aliphatic carbocycles. The maximum atomic E-state index is 12.5. The van der Waals surface area contributed by atoms with E-state index in [0.29, 0.717) is 23.7 Å². The van der Waals surface area contributed by atoms with Crippen molar-refractivity contribution in [3.05, 3.63) is 59.7 Å². The predicted molar refractivity (Wildman–Crippen MR) is 96.9 cm³/mol. The van der Waals surface area contributed by atoms with Gasteiger partial charge in [-0.15, -0.1) is 0 Å². The minimum Gasteiger partial charge on any atom is -0.493 e. The van der Waals surface area contributed by atoms with Crippen LogP contribution >= 0.6 is 0 Å². The fourth-order valence-electron chi connectivity index (χ4n) is 2.65. The molecule has 0 amide bonds. The van der Waals surface area contributed by atoms with E-state index in [4.69, 9.17) is 9.47 Å². The standard InChI is InChI=1S/C21H26O3/c1-3-5-6-8-12-17-13-11-16-19(20(17)23-4-2)21(22)24-18-14-9-7-10-15-18/h7,9-11,13-16H,3-6,8,12H2,1-2H3. The topological polar surface area (TPSA) is 35.5 Å². The Morgan fingerprint density at radius 3 is 2.42 bits per heavy atom. The van der Waals surface area contributed by atoms with Gasteiger partial charge in [0, 0.05) is 0 Å². The molecule has 0 spiro atoms. The monoisotopic (exact) mass is 326 g/mol. The lowest BCUT2D eigenvalue weighted by Crippen LogP contribution is -2.12. The molecule has 2 rings (SSSR count). The van der Waals surface area contributed by atoms with Crippen LogP contribution in [-0.4, -0.2) is 12.6 Å². The highest BCUT2D eigenvalue weighted by atomic mass is 16.5. The molecular weight excluding hydrogens is 300 g/mol. The first-order chi connectivity index (χ1) is 11.8. The van der Waals surface area contributed by atoms with Crippen LogP contribution in [0.2, 0.25) is 0 Å². The van der Waals surface area contributed by atoms with Crippen LogP contribution in [0.4, 0.5) is 0 Å². The van der Waals surface area contributed by atoms with Crippen molar-refractivity contribution in [1.82, 2.24) is 0 Å². The number of esters is 1. The van der Waals surface area contributed by atoms with Crippen molar-refractivity contribution >= 4 is 5.97 Å². The summed E-state index contributed by atoms with van der Waals surface area (Å²) in [5.74, 6) is 0.829. The van der Waals surface area contributed by atoms with E-state index in [1.165, 1.54) is 19.3 Å². The molecule has 0 saturated heterocycles. The Hall–Kier alpha value is -2.29. The summed E-state index contributed by atoms with van der Waals surface area (Å²) in [5.41, 5.74) is 1.57. The second-order valence-corrected chi connectivity index (χ2v) is 5.74. The Bertz CT molecular complexity index is 635. The summed E-state index contributed by atoms with van der Waals surface area (Å²) < 4.78 is 11.2. The van der Waals surface area contributed by atoms with Gasteiger partial charge in [-0.25, -0.2) is 4.79 Å². The highest BCUT2D eigenvalue weighted by Gasteiger charge is 2.18. The average Bonchev–Trinajstić information content (AvgIpc) is 2.61. The van der Waals surface area contributed by atoms with E-state index in [0.717, 1.165) is 18.4 Å². The smallest absolute Gasteiger partial charge is 0.347 e. The molecule has 24 heavy (non-hydrogen) atoms. The molecule has 2 aromatic rings. The van der Waals surface area contributed by atoms with Crippen molar-refractivity contribution in [1.29, 1.82) is 0 Å². The number of hydrogen-bond donors (Lipinski definition) is 0. The molecule has 3 heteroatoms. The number of para-hydroxylation sites is 2. The zero-order valence-corrected chi connectivity index (χ0v) is 14.6. The van der Waals surface area contributed by atoms with Gasteiger partial charge in [0.1, 0.15) is 17.1 Å². The van der Waals surface area contributed by atoms with E-state index < -0.39 is 0 Å². The molecule has 0 heterocycles. The molecule has 0 aromatic heterocycles. The molecule has 0 radical (unpaired) electrons. The summed E-state index contributed by atoms with van der Waals surface area (Å²) in [5, 5.41) is 0. The molecule has 0 unspecified atom stereocenters. The Kier molecular flexibility index (Phi) is 7.34. The van der Waals surface area contributed by atoms with Crippen molar-refractivity contribution in [2.75, 3.05) is 6.61 Å². The first-order valence-electron chi connectivity index (χ1n) is 8.78. The van der Waals surface area contributed by atoms with Gasteiger partial charge in [0.15, 0.2) is 0 Å². The van der Waals surface area contributed by atoms with Gasteiger partial charge in [-0.1, -0.05) is 56.5 Å². The summed E-state index contributed by atoms with van der Waals surface area (Å²) in [6.45, 7) is 4.66. The van der Waals surface area contributed by atoms with Crippen molar-refractivity contribution < 1.29 is 14.3 Å². The summed E-state index contributed by atoms with van der Waals surface area (Å²) in [6.07, 6.45) is 5.66. The third-order valence-corrected chi connectivity index (χ3v) is 3.86. The Morgan fingerprint density at radius 2 is 1.71 bits per heavy atom. The fourth-order valence-corrected chi connectivity index (χ4v) is 2.65. The number of aryl methyl sites for hydroxylation is 1. The van der Waals surface area contributed by atoms with E-state index in [9.17, 15) is 4.79 Å². The van der Waals surface area contributed by atoms with E-state index in [2.05, 4.69) is 6.92 Å². The van der Waals surface area contributed by atoms with Gasteiger partial charge in [-0.05, 0) is 43.5 Å². The van der Waals surface area contributed by atoms with Crippen molar-refractivity contribution in [2.24, 2.45) is 0 Å². The molecule has 0 atom stereocenters. The first kappa shape index (κ1) is 18.1. The number of ether oxygens (including phenoxy) is 2. The first-order valence-corrected chi connectivity index (χ1v) is 8.78. The van der Waals surface area contributed by atoms with Crippen LogP contribution in [0, 0.1) is 0 Å². The van der Waals surface area contributed by atoms with Gasteiger partial charge in [-0.3, -0.25) is 0 Å². The minimum atomic E-state index is -0.375. The molecule has 0 saturated carbocycles. The van der Waals surface area contributed by atoms with Gasteiger partial charge in [-0.2, -0.15) is 0 Å². The number of unbranched alkanes of at least 4 members (excludes halogenated alkanes) is 3. The Labute approximate surface area is 144 Å². The second kappa shape index (κ2) is 9.76. The van der Waals surface area contributed by atoms with Gasteiger partial charge >= 0.3 is 5.97 Å². The Morgan fingerprint density at radius 1 is 0.917 bits per heavy atom. The molecule has 0 bridgehead atoms. The highest BCUT2D eigenvalue weighted by Crippen LogP contribution is 2.27. The van der Waals surface area contributed by atoms with E-state index >= 15 is 0 Å². The average molecular weight is 326 g/mol. The van der Waals surface area contributed by atoms with Gasteiger partial charge in [0.05, 0.1) is 6.61 Å². The number of hydrogen-bond acceptors (Lipinski definition) is 3. The van der Waals surface area contributed by atoms with Crippen LogP contribution in [0.15, 0.2) is 48.5 Å². The maximum absolute atomic E-state index is 12.5. The summed E-state index contributed by atoms with van der Waals surface area (Å²) in [6, 6.07) is 14.8. The Balaban J connectivity index is 2.16. The SMILES string of the molecule is CCCCCCc1cccc(C(=O)Oc2ccccc2)c1OCC. The number of benzene rings is 2. The largest absolute Gasteiger partial charge is 0.493 e. The van der Waals surface area contributed by atoms with Crippen LogP contribution in [0.25, 0.3) is 0 Å². The summed E-state index contributed by atoms with van der Waals surface area (Å²) in [4.78, 5) is 12.5. The molecule has 128 valence electrons. The summed E-state index contributed by atoms with van der Waals surface area (Å²) in [7, 11) is 0. The normalized spacial score (nSPS) is 10.4. The molecule has 0 fully saturated rings. The predicted octanol–water partition coefficient (Wildman–Crippen LogP) is 5.43. The lowest BCUT2D eigenvalue weighted by Gasteiger charge is -2.14. The second-order valence-electron chi connectivity index (χ2n) is 5.74. The number of carbonyl (C=O) groups is 1. The molecule has 3 nitrogen and oxygen atoms in total. The van der Waals surface area contributed by atoms with Crippen LogP contribution in [0.5, 0.6) is 11.5 Å². The lowest BCUT2D eigenvalue weighted by atomic mass is 10.0. The van der Waals surface area contributed by atoms with Crippen molar-refractivity contribution in [2.45, 2.75) is 46.0 Å². The van der Waals surface area contributed by atoms with Gasteiger partial charge in [0.25, 0.3) is 0 Å². The molecule has 0 aliphatic rings. The quantitative estimate of drug-likeness (QED) is 0.350. The third-order valence-electron chi connectivity index (χ3n) is 3.86. The maximum Gasteiger partial charge on any atom is 0.347 e. The third kappa shape index (κ3) is 5.12.